The Kier molecular flexibility index (Phi) is 8.23. The average molecular weight is 719 g/mol. The summed E-state index contributed by atoms with van der Waals surface area (Å²) in [6.07, 6.45) is 20.4. The Morgan fingerprint density at radius 3 is 1.40 bits per heavy atom. The Morgan fingerprint density at radius 2 is 1.02 bits per heavy atom. The second-order valence-electron chi connectivity index (χ2n) is 15.1. The van der Waals surface area contributed by atoms with E-state index in [2.05, 4.69) is 58.2 Å². The van der Waals surface area contributed by atoms with Gasteiger partial charge in [0.2, 0.25) is 0 Å². The largest absolute Gasteiger partial charge is 0.481 e. The van der Waals surface area contributed by atoms with Crippen molar-refractivity contribution in [1.82, 2.24) is 0 Å². The van der Waals surface area contributed by atoms with Crippen LogP contribution < -0.4 is 9.47 Å². The Hall–Kier alpha value is -4.86. The summed E-state index contributed by atoms with van der Waals surface area (Å²) in [5, 5.41) is 19.2. The van der Waals surface area contributed by atoms with Crippen LogP contribution in [-0.2, 0) is 11.2 Å². The van der Waals surface area contributed by atoms with Crippen LogP contribution in [0.25, 0.3) is 41.7 Å². The zero-order valence-corrected chi connectivity index (χ0v) is 30.8. The molecule has 0 amide bonds. The van der Waals surface area contributed by atoms with Crippen molar-refractivity contribution >= 4 is 33.8 Å². The predicted molar refractivity (Wildman–Crippen MR) is 206 cm³/mol. The van der Waals surface area contributed by atoms with Gasteiger partial charge in [0.15, 0.2) is 0 Å². The summed E-state index contributed by atoms with van der Waals surface area (Å²) in [5.41, 5.74) is 8.89. The number of ether oxygens (including phenoxy) is 2. The third-order valence-electron chi connectivity index (χ3n) is 12.1. The lowest BCUT2D eigenvalue weighted by Gasteiger charge is -2.45. The zero-order valence-electron chi connectivity index (χ0n) is 29.2. The molecule has 4 heterocycles. The Labute approximate surface area is 313 Å². The molecule has 9 rings (SSSR count). The zero-order chi connectivity index (χ0) is 35.5. The van der Waals surface area contributed by atoms with Gasteiger partial charge in [-0.25, -0.2) is 20.2 Å². The molecule has 6 aliphatic rings. The third-order valence-corrected chi connectivity index (χ3v) is 14.6. The van der Waals surface area contributed by atoms with Gasteiger partial charge in [0.05, 0.1) is 35.0 Å². The molecule has 258 valence electrons. The van der Waals surface area contributed by atoms with Gasteiger partial charge in [-0.1, -0.05) is 25.0 Å². The summed E-state index contributed by atoms with van der Waals surface area (Å²) < 4.78 is 14.4. The molecule has 2 fully saturated rings. The minimum Gasteiger partial charge on any atom is -0.481 e. The van der Waals surface area contributed by atoms with E-state index in [1.54, 1.807) is 22.7 Å². The van der Waals surface area contributed by atoms with E-state index in [1.807, 2.05) is 0 Å². The highest BCUT2D eigenvalue weighted by Gasteiger charge is 2.48. The fourth-order valence-corrected chi connectivity index (χ4v) is 11.9. The van der Waals surface area contributed by atoms with Gasteiger partial charge >= 0.3 is 0 Å². The minimum atomic E-state index is -0.380. The van der Waals surface area contributed by atoms with E-state index >= 15 is 0 Å². The fraction of sp³-hybridized carbons (Fsp3) is 0.409. The van der Waals surface area contributed by atoms with Crippen LogP contribution in [0.4, 0.5) is 0 Å². The van der Waals surface area contributed by atoms with Gasteiger partial charge in [-0.05, 0) is 136 Å². The molecule has 0 unspecified atom stereocenters. The number of nitriles is 2. The van der Waals surface area contributed by atoms with Crippen LogP contribution in [0.15, 0.2) is 59.0 Å². The van der Waals surface area contributed by atoms with Crippen molar-refractivity contribution in [3.8, 4) is 44.5 Å². The summed E-state index contributed by atoms with van der Waals surface area (Å²) in [4.78, 5) is 11.7. The maximum atomic E-state index is 9.60. The molecule has 0 radical (unpaired) electrons. The number of rotatable bonds is 2. The first-order valence-electron chi connectivity index (χ1n) is 18.8. The first-order valence-corrected chi connectivity index (χ1v) is 20.4. The van der Waals surface area contributed by atoms with E-state index < -0.39 is 0 Å². The van der Waals surface area contributed by atoms with Crippen molar-refractivity contribution in [2.45, 2.75) is 114 Å². The van der Waals surface area contributed by atoms with Gasteiger partial charge in [0.25, 0.3) is 11.4 Å². The van der Waals surface area contributed by atoms with Crippen LogP contribution in [0.1, 0.15) is 124 Å². The van der Waals surface area contributed by atoms with Crippen molar-refractivity contribution < 1.29 is 9.47 Å². The van der Waals surface area contributed by atoms with E-state index in [0.29, 0.717) is 0 Å². The van der Waals surface area contributed by atoms with Crippen LogP contribution in [0, 0.1) is 35.8 Å². The van der Waals surface area contributed by atoms with E-state index in [0.717, 1.165) is 113 Å². The molecule has 2 aromatic heterocycles. The van der Waals surface area contributed by atoms with Crippen LogP contribution in [-0.4, -0.2) is 0 Å². The molecule has 0 atom stereocenters. The van der Waals surface area contributed by atoms with E-state index in [-0.39, 0.29) is 22.6 Å². The molecule has 4 aliphatic carbocycles. The smallest absolute Gasteiger partial charge is 0.265 e. The highest BCUT2D eigenvalue weighted by Crippen LogP contribution is 2.61. The second kappa shape index (κ2) is 13.0. The molecule has 6 nitrogen and oxygen atoms in total. The quantitative estimate of drug-likeness (QED) is 0.195. The number of allylic oxidation sites excluding steroid dienone is 8. The monoisotopic (exact) mass is 718 g/mol. The highest BCUT2D eigenvalue weighted by atomic mass is 32.1. The normalized spacial score (nSPS) is 22.6. The Bertz CT molecular complexity index is 2130. The minimum absolute atomic E-state index is 0.203. The van der Waals surface area contributed by atoms with Gasteiger partial charge in [0.1, 0.15) is 22.7 Å². The van der Waals surface area contributed by atoms with Crippen LogP contribution in [0.2, 0.25) is 0 Å². The van der Waals surface area contributed by atoms with E-state index in [9.17, 15) is 10.5 Å². The highest BCUT2D eigenvalue weighted by molar-refractivity contribution is 7.17. The maximum absolute atomic E-state index is 9.60. The van der Waals surface area contributed by atoms with Gasteiger partial charge in [-0.3, -0.25) is 0 Å². The first kappa shape index (κ1) is 33.0. The van der Waals surface area contributed by atoms with Crippen LogP contribution in [0.5, 0.6) is 11.5 Å². The molecule has 1 aromatic carbocycles. The van der Waals surface area contributed by atoms with Crippen molar-refractivity contribution in [3.63, 3.8) is 0 Å². The van der Waals surface area contributed by atoms with Crippen molar-refractivity contribution in [1.29, 1.82) is 10.5 Å². The fourth-order valence-electron chi connectivity index (χ4n) is 9.59. The lowest BCUT2D eigenvalue weighted by Crippen LogP contribution is -2.40. The maximum Gasteiger partial charge on any atom is 0.265 e. The van der Waals surface area contributed by atoms with Crippen molar-refractivity contribution in [3.05, 3.63) is 103 Å². The molecule has 0 N–H and O–H groups in total. The molecular formula is C44H38N4O2S2. The summed E-state index contributed by atoms with van der Waals surface area (Å²) >= 11 is 3.58. The third kappa shape index (κ3) is 5.27. The first-order chi connectivity index (χ1) is 25.5. The van der Waals surface area contributed by atoms with E-state index in [4.69, 9.17) is 22.6 Å². The molecule has 0 saturated heterocycles. The van der Waals surface area contributed by atoms with Gasteiger partial charge in [0, 0.05) is 32.0 Å². The van der Waals surface area contributed by atoms with E-state index in [1.165, 1.54) is 65.8 Å². The Morgan fingerprint density at radius 1 is 0.596 bits per heavy atom. The molecule has 0 bridgehead atoms. The van der Waals surface area contributed by atoms with Gasteiger partial charge in [-0.15, -0.1) is 22.7 Å². The number of hydrogen-bond acceptors (Lipinski definition) is 6. The number of nitrogens with zero attached hydrogens (tertiary/aromatic N) is 4. The van der Waals surface area contributed by atoms with Crippen LogP contribution >= 0.6 is 22.7 Å². The molecule has 3 aromatic rings. The summed E-state index contributed by atoms with van der Waals surface area (Å²) in [6.45, 7) is 15.0. The molecule has 8 heteroatoms. The molecule has 2 spiro atoms. The second-order valence-corrected chi connectivity index (χ2v) is 17.2. The van der Waals surface area contributed by atoms with Crippen molar-refractivity contribution in [2.24, 2.45) is 0 Å². The molecule has 2 aliphatic heterocycles. The number of hydrogen-bond donors (Lipinski definition) is 0. The SMILES string of the molecule is [C-]#[N+]/C(C#N)=C1\C=C(c2cc3c(s2)-c2cc4c(cc2C2(CCCCC2)O3)-c2sc(C3=C/C(=C(\C#N)[N+]#[C-])CCC3)cc2OC42CCCCC2)CCC1. The number of benzene rings is 1. The summed E-state index contributed by atoms with van der Waals surface area (Å²) in [6, 6.07) is 13.7. The lowest BCUT2D eigenvalue weighted by atomic mass is 9.71. The topological polar surface area (TPSA) is 74.8 Å². The standard InChI is InChI=1S/C44H38N4O2S2/c1-47-35(25-45)27-11-9-13-29(19-27)39-23-37-41(51-39)31-21-34-32(22-33(31)43(49-37)15-5-3-6-16-43)42-38(50-44(34)17-7-4-8-18-44)24-40(52-42)30-14-10-12-28(20-30)36(26-46)48-2/h19-24H,3-18H2/b35-27-,36-28+. The Balaban J connectivity index is 1.22. The molecule has 2 saturated carbocycles. The molecular weight excluding hydrogens is 681 g/mol. The average Bonchev–Trinajstić information content (AvgIpc) is 3.81. The molecule has 52 heavy (non-hydrogen) atoms. The van der Waals surface area contributed by atoms with Crippen LogP contribution in [0.3, 0.4) is 0 Å². The number of fused-ring (bicyclic) bond motifs is 8. The summed E-state index contributed by atoms with van der Waals surface area (Å²) in [5.74, 6) is 1.93. The lowest BCUT2D eigenvalue weighted by molar-refractivity contribution is 0.0205. The summed E-state index contributed by atoms with van der Waals surface area (Å²) in [7, 11) is 0. The predicted octanol–water partition coefficient (Wildman–Crippen LogP) is 12.8. The van der Waals surface area contributed by atoms with Gasteiger partial charge in [-0.2, -0.15) is 0 Å². The van der Waals surface area contributed by atoms with Crippen molar-refractivity contribution in [2.75, 3.05) is 0 Å². The number of thiophene rings is 2. The van der Waals surface area contributed by atoms with Gasteiger partial charge < -0.3 is 9.47 Å².